The number of carbonyl (C=O) groups is 2. The molecule has 1 fully saturated rings. The summed E-state index contributed by atoms with van der Waals surface area (Å²) >= 11 is 1.64. The summed E-state index contributed by atoms with van der Waals surface area (Å²) in [5.41, 5.74) is 0.621. The molecular formula is C22H25NO6S. The van der Waals surface area contributed by atoms with Crippen LogP contribution in [-0.4, -0.2) is 51.3 Å². The van der Waals surface area contributed by atoms with E-state index in [2.05, 4.69) is 0 Å². The molecule has 1 aromatic heterocycles. The van der Waals surface area contributed by atoms with Crippen molar-refractivity contribution in [3.8, 4) is 17.2 Å². The fourth-order valence-electron chi connectivity index (χ4n) is 3.45. The van der Waals surface area contributed by atoms with Crippen LogP contribution in [0.5, 0.6) is 17.2 Å². The maximum Gasteiger partial charge on any atom is 0.331 e. The number of thiophene rings is 1. The van der Waals surface area contributed by atoms with Gasteiger partial charge in [-0.05, 0) is 36.4 Å². The van der Waals surface area contributed by atoms with E-state index in [4.69, 9.17) is 18.9 Å². The molecule has 7 nitrogen and oxygen atoms in total. The third kappa shape index (κ3) is 4.94. The van der Waals surface area contributed by atoms with E-state index >= 15 is 0 Å². The Labute approximate surface area is 179 Å². The minimum Gasteiger partial charge on any atom is -0.496 e. The number of nitrogens with zero attached hydrogens (tertiary/aromatic N) is 1. The molecule has 1 atom stereocenters. The number of rotatable bonds is 8. The third-order valence-corrected chi connectivity index (χ3v) is 5.89. The van der Waals surface area contributed by atoms with Crippen LogP contribution in [0.25, 0.3) is 6.08 Å². The van der Waals surface area contributed by atoms with E-state index in [1.165, 1.54) is 27.4 Å². The smallest absolute Gasteiger partial charge is 0.331 e. The van der Waals surface area contributed by atoms with E-state index in [0.717, 1.165) is 17.7 Å². The summed E-state index contributed by atoms with van der Waals surface area (Å²) in [5, 5.41) is 2.00. The van der Waals surface area contributed by atoms with Crippen LogP contribution in [0.15, 0.2) is 35.7 Å². The van der Waals surface area contributed by atoms with Gasteiger partial charge in [0.25, 0.3) is 5.91 Å². The summed E-state index contributed by atoms with van der Waals surface area (Å²) in [5.74, 6) is 0.757. The number of benzene rings is 1. The minimum atomic E-state index is -0.605. The van der Waals surface area contributed by atoms with Gasteiger partial charge in [0.05, 0.1) is 27.4 Å². The molecule has 2 aromatic rings. The van der Waals surface area contributed by atoms with Crippen LogP contribution >= 0.6 is 11.3 Å². The Morgan fingerprint density at radius 3 is 2.53 bits per heavy atom. The molecule has 0 bridgehead atoms. The number of methoxy groups -OCH3 is 3. The zero-order valence-electron chi connectivity index (χ0n) is 17.3. The summed E-state index contributed by atoms with van der Waals surface area (Å²) in [6, 6.07) is 7.46. The molecule has 1 aliphatic heterocycles. The van der Waals surface area contributed by atoms with Gasteiger partial charge in [-0.3, -0.25) is 4.79 Å². The highest BCUT2D eigenvalue weighted by Crippen LogP contribution is 2.36. The van der Waals surface area contributed by atoms with Crippen molar-refractivity contribution in [1.29, 1.82) is 0 Å². The first-order valence-corrected chi connectivity index (χ1v) is 10.4. The first kappa shape index (κ1) is 21.7. The second kappa shape index (κ2) is 10.2. The van der Waals surface area contributed by atoms with Crippen molar-refractivity contribution < 1.29 is 28.5 Å². The van der Waals surface area contributed by atoms with Gasteiger partial charge in [-0.1, -0.05) is 6.07 Å². The van der Waals surface area contributed by atoms with Crippen molar-refractivity contribution in [2.24, 2.45) is 0 Å². The fraction of sp³-hybridized carbons (Fsp3) is 0.364. The van der Waals surface area contributed by atoms with Gasteiger partial charge < -0.3 is 23.8 Å². The summed E-state index contributed by atoms with van der Waals surface area (Å²) in [7, 11) is 4.58. The van der Waals surface area contributed by atoms with E-state index in [1.807, 2.05) is 17.5 Å². The summed E-state index contributed by atoms with van der Waals surface area (Å²) in [4.78, 5) is 27.7. The van der Waals surface area contributed by atoms with Crippen LogP contribution in [-0.2, 0) is 14.3 Å². The number of esters is 1. The van der Waals surface area contributed by atoms with Gasteiger partial charge in [0.2, 0.25) is 0 Å². The molecule has 160 valence electrons. The quantitative estimate of drug-likeness (QED) is 0.469. The van der Waals surface area contributed by atoms with Gasteiger partial charge in [0, 0.05) is 29.1 Å². The van der Waals surface area contributed by atoms with Crippen molar-refractivity contribution in [2.45, 2.75) is 18.9 Å². The number of hydrogen-bond acceptors (Lipinski definition) is 7. The van der Waals surface area contributed by atoms with Crippen LogP contribution in [0.2, 0.25) is 0 Å². The van der Waals surface area contributed by atoms with Gasteiger partial charge >= 0.3 is 5.97 Å². The molecule has 2 heterocycles. The monoisotopic (exact) mass is 431 g/mol. The van der Waals surface area contributed by atoms with E-state index in [-0.39, 0.29) is 18.6 Å². The normalized spacial score (nSPS) is 16.0. The van der Waals surface area contributed by atoms with Crippen molar-refractivity contribution in [2.75, 3.05) is 34.5 Å². The van der Waals surface area contributed by atoms with Crippen LogP contribution < -0.4 is 14.2 Å². The zero-order chi connectivity index (χ0) is 21.5. The molecular weight excluding hydrogens is 406 g/mol. The SMILES string of the molecule is COc1cc(OC)c(OC)cc1/C=C/C(=O)OCC(=O)N1CCCC1c1cccs1. The average molecular weight is 432 g/mol. The molecule has 1 aliphatic rings. The summed E-state index contributed by atoms with van der Waals surface area (Å²) in [6.45, 7) is 0.395. The van der Waals surface area contributed by atoms with Crippen LogP contribution in [0.4, 0.5) is 0 Å². The molecule has 0 N–H and O–H groups in total. The Morgan fingerprint density at radius 1 is 1.13 bits per heavy atom. The Hall–Kier alpha value is -3.00. The van der Waals surface area contributed by atoms with Crippen LogP contribution in [0.1, 0.15) is 29.3 Å². The van der Waals surface area contributed by atoms with E-state index < -0.39 is 5.97 Å². The lowest BCUT2D eigenvalue weighted by atomic mass is 10.1. The molecule has 8 heteroatoms. The lowest BCUT2D eigenvalue weighted by Crippen LogP contribution is -2.33. The van der Waals surface area contributed by atoms with Crippen LogP contribution in [0, 0.1) is 0 Å². The maximum absolute atomic E-state index is 12.6. The lowest BCUT2D eigenvalue weighted by molar-refractivity contribution is -0.148. The first-order chi connectivity index (χ1) is 14.6. The number of ether oxygens (including phenoxy) is 4. The van der Waals surface area contributed by atoms with Crippen molar-refractivity contribution in [1.82, 2.24) is 4.90 Å². The predicted octanol–water partition coefficient (Wildman–Crippen LogP) is 3.69. The molecule has 0 saturated carbocycles. The van der Waals surface area contributed by atoms with E-state index in [1.54, 1.807) is 34.4 Å². The Balaban J connectivity index is 1.60. The molecule has 1 saturated heterocycles. The highest BCUT2D eigenvalue weighted by atomic mass is 32.1. The molecule has 1 amide bonds. The molecule has 0 radical (unpaired) electrons. The topological polar surface area (TPSA) is 74.3 Å². The molecule has 30 heavy (non-hydrogen) atoms. The number of amides is 1. The number of likely N-dealkylation sites (tertiary alicyclic amines) is 1. The molecule has 3 rings (SSSR count). The number of carbonyl (C=O) groups excluding carboxylic acids is 2. The van der Waals surface area contributed by atoms with Gasteiger partial charge in [-0.2, -0.15) is 0 Å². The molecule has 1 unspecified atom stereocenters. The largest absolute Gasteiger partial charge is 0.496 e. The zero-order valence-corrected chi connectivity index (χ0v) is 18.1. The van der Waals surface area contributed by atoms with Gasteiger partial charge in [-0.25, -0.2) is 4.79 Å². The van der Waals surface area contributed by atoms with Crippen LogP contribution in [0.3, 0.4) is 0 Å². The molecule has 0 aliphatic carbocycles. The van der Waals surface area contributed by atoms with Gasteiger partial charge in [0.1, 0.15) is 5.75 Å². The lowest BCUT2D eigenvalue weighted by Gasteiger charge is -2.23. The first-order valence-electron chi connectivity index (χ1n) is 9.55. The van der Waals surface area contributed by atoms with E-state index in [0.29, 0.717) is 29.4 Å². The Morgan fingerprint density at radius 2 is 1.87 bits per heavy atom. The molecule has 1 aromatic carbocycles. The summed E-state index contributed by atoms with van der Waals surface area (Å²) in [6.07, 6.45) is 4.69. The second-order valence-electron chi connectivity index (χ2n) is 6.65. The Bertz CT molecular complexity index is 909. The third-order valence-electron chi connectivity index (χ3n) is 4.92. The van der Waals surface area contributed by atoms with Crippen molar-refractivity contribution in [3.05, 3.63) is 46.2 Å². The standard InChI is InChI=1S/C22H25NO6S/c1-26-17-13-19(28-3)18(27-2)12-15(17)8-9-22(25)29-14-21(24)23-10-4-6-16(23)20-7-5-11-30-20/h5,7-9,11-13,16H,4,6,10,14H2,1-3H3/b9-8+. The minimum absolute atomic E-state index is 0.0720. The fourth-order valence-corrected chi connectivity index (χ4v) is 4.32. The number of hydrogen-bond donors (Lipinski definition) is 0. The van der Waals surface area contributed by atoms with Gasteiger partial charge in [0.15, 0.2) is 18.1 Å². The van der Waals surface area contributed by atoms with Gasteiger partial charge in [-0.15, -0.1) is 11.3 Å². The van der Waals surface area contributed by atoms with Crippen molar-refractivity contribution in [3.63, 3.8) is 0 Å². The maximum atomic E-state index is 12.6. The second-order valence-corrected chi connectivity index (χ2v) is 7.63. The van der Waals surface area contributed by atoms with Crippen molar-refractivity contribution >= 4 is 29.3 Å². The Kier molecular flexibility index (Phi) is 7.35. The average Bonchev–Trinajstić information content (AvgIpc) is 3.46. The summed E-state index contributed by atoms with van der Waals surface area (Å²) < 4.78 is 21.0. The highest BCUT2D eigenvalue weighted by Gasteiger charge is 2.30. The molecule has 0 spiro atoms. The predicted molar refractivity (Wildman–Crippen MR) is 114 cm³/mol. The highest BCUT2D eigenvalue weighted by molar-refractivity contribution is 7.10. The van der Waals surface area contributed by atoms with E-state index in [9.17, 15) is 9.59 Å².